The van der Waals surface area contributed by atoms with E-state index in [4.69, 9.17) is 12.2 Å². The van der Waals surface area contributed by atoms with Gasteiger partial charge in [0, 0.05) is 19.7 Å². The van der Waals surface area contributed by atoms with Gasteiger partial charge in [-0.3, -0.25) is 4.79 Å². The average Bonchev–Trinajstić information content (AvgIpc) is 2.65. The predicted molar refractivity (Wildman–Crippen MR) is 87.6 cm³/mol. The number of aromatic amines is 1. The maximum absolute atomic E-state index is 13.7. The second kappa shape index (κ2) is 5.44. The van der Waals surface area contributed by atoms with E-state index in [1.807, 2.05) is 36.4 Å². The highest BCUT2D eigenvalue weighted by atomic mass is 127. The molecule has 7 heteroatoms. The predicted octanol–water partition coefficient (Wildman–Crippen LogP) is 3.21. The summed E-state index contributed by atoms with van der Waals surface area (Å²) in [6.07, 6.45) is 0. The number of aromatic nitrogens is 2. The molecule has 1 heterocycles. The fourth-order valence-corrected chi connectivity index (χ4v) is 2.85. The number of hydrogen-bond donors (Lipinski definition) is 2. The zero-order valence-corrected chi connectivity index (χ0v) is 14.4. The number of imidazole rings is 1. The molecule has 0 fully saturated rings. The minimum Gasteiger partial charge on any atom is -0.359 e. The number of rotatable bonds is 3. The molecule has 0 saturated heterocycles. The van der Waals surface area contributed by atoms with Crippen LogP contribution in [0.4, 0.5) is 4.39 Å². The SMILES string of the molecule is CNC(=O)C(C)(C)Cn1c(=S)[nH]c2cc(I)c(F)cc21. The number of benzene rings is 1. The summed E-state index contributed by atoms with van der Waals surface area (Å²) in [5.74, 6) is -0.377. The van der Waals surface area contributed by atoms with E-state index in [0.717, 1.165) is 5.52 Å². The van der Waals surface area contributed by atoms with Gasteiger partial charge < -0.3 is 14.9 Å². The highest BCUT2D eigenvalue weighted by Gasteiger charge is 2.28. The molecular weight excluding hydrogens is 392 g/mol. The molecule has 2 N–H and O–H groups in total. The second-order valence-electron chi connectivity index (χ2n) is 5.26. The van der Waals surface area contributed by atoms with Gasteiger partial charge in [0.1, 0.15) is 5.82 Å². The first-order valence-electron chi connectivity index (χ1n) is 6.06. The van der Waals surface area contributed by atoms with Gasteiger partial charge in [0.15, 0.2) is 4.77 Å². The summed E-state index contributed by atoms with van der Waals surface area (Å²) in [6, 6.07) is 3.16. The molecule has 0 spiro atoms. The third-order valence-electron chi connectivity index (χ3n) is 3.21. The summed E-state index contributed by atoms with van der Waals surface area (Å²) < 4.78 is 16.5. The van der Waals surface area contributed by atoms with Crippen molar-refractivity contribution in [2.45, 2.75) is 20.4 Å². The summed E-state index contributed by atoms with van der Waals surface area (Å²) >= 11 is 7.22. The molecule has 108 valence electrons. The van der Waals surface area contributed by atoms with E-state index in [-0.39, 0.29) is 11.7 Å². The van der Waals surface area contributed by atoms with Crippen LogP contribution in [0.25, 0.3) is 11.0 Å². The van der Waals surface area contributed by atoms with Crippen LogP contribution >= 0.6 is 34.8 Å². The summed E-state index contributed by atoms with van der Waals surface area (Å²) in [7, 11) is 1.60. The first-order valence-corrected chi connectivity index (χ1v) is 7.54. The second-order valence-corrected chi connectivity index (χ2v) is 6.81. The smallest absolute Gasteiger partial charge is 0.227 e. The summed E-state index contributed by atoms with van der Waals surface area (Å²) in [5.41, 5.74) is 0.806. The molecular formula is C13H15FIN3OS. The third-order valence-corrected chi connectivity index (χ3v) is 4.36. The molecule has 2 aromatic rings. The van der Waals surface area contributed by atoms with Gasteiger partial charge in [0.2, 0.25) is 5.91 Å². The van der Waals surface area contributed by atoms with E-state index < -0.39 is 5.41 Å². The Hall–Kier alpha value is -0.960. The Balaban J connectivity index is 2.55. The Labute approximate surface area is 134 Å². The zero-order chi connectivity index (χ0) is 15.1. The minimum atomic E-state index is -0.637. The van der Waals surface area contributed by atoms with E-state index in [9.17, 15) is 9.18 Å². The van der Waals surface area contributed by atoms with Crippen LogP contribution in [0.3, 0.4) is 0 Å². The Morgan fingerprint density at radius 2 is 2.20 bits per heavy atom. The minimum absolute atomic E-state index is 0.0836. The lowest BCUT2D eigenvalue weighted by molar-refractivity contribution is -0.129. The van der Waals surface area contributed by atoms with Crippen LogP contribution in [-0.4, -0.2) is 22.5 Å². The Kier molecular flexibility index (Phi) is 4.19. The average molecular weight is 407 g/mol. The normalized spacial score (nSPS) is 11.8. The van der Waals surface area contributed by atoms with Crippen LogP contribution in [0.1, 0.15) is 13.8 Å². The van der Waals surface area contributed by atoms with Crippen LogP contribution < -0.4 is 5.32 Å². The van der Waals surface area contributed by atoms with Crippen LogP contribution in [0.15, 0.2) is 12.1 Å². The first-order chi connectivity index (χ1) is 9.26. The van der Waals surface area contributed by atoms with Gasteiger partial charge in [-0.05, 0) is 54.7 Å². The molecule has 2 rings (SSSR count). The lowest BCUT2D eigenvalue weighted by Crippen LogP contribution is -2.37. The molecule has 0 aliphatic heterocycles. The molecule has 0 radical (unpaired) electrons. The molecule has 1 aromatic heterocycles. The number of nitrogens with zero attached hydrogens (tertiary/aromatic N) is 1. The number of fused-ring (bicyclic) bond motifs is 1. The maximum atomic E-state index is 13.7. The number of halogens is 2. The van der Waals surface area contributed by atoms with Crippen LogP contribution in [0.5, 0.6) is 0 Å². The lowest BCUT2D eigenvalue weighted by atomic mass is 9.92. The largest absolute Gasteiger partial charge is 0.359 e. The van der Waals surface area contributed by atoms with Crippen molar-refractivity contribution >= 4 is 51.7 Å². The van der Waals surface area contributed by atoms with Crippen molar-refractivity contribution in [3.05, 3.63) is 26.3 Å². The Bertz CT molecular complexity index is 735. The molecule has 20 heavy (non-hydrogen) atoms. The van der Waals surface area contributed by atoms with E-state index in [0.29, 0.717) is 20.4 Å². The van der Waals surface area contributed by atoms with Crippen molar-refractivity contribution in [3.8, 4) is 0 Å². The number of amides is 1. The number of carbonyl (C=O) groups is 1. The van der Waals surface area contributed by atoms with Crippen LogP contribution in [0, 0.1) is 19.6 Å². The van der Waals surface area contributed by atoms with Gasteiger partial charge >= 0.3 is 0 Å². The van der Waals surface area contributed by atoms with Crippen molar-refractivity contribution < 1.29 is 9.18 Å². The maximum Gasteiger partial charge on any atom is 0.227 e. The molecule has 0 aliphatic rings. The molecule has 0 bridgehead atoms. The van der Waals surface area contributed by atoms with Gasteiger partial charge in [-0.25, -0.2) is 4.39 Å². The first kappa shape index (κ1) is 15.4. The van der Waals surface area contributed by atoms with Crippen LogP contribution in [0.2, 0.25) is 0 Å². The molecule has 0 atom stereocenters. The van der Waals surface area contributed by atoms with E-state index >= 15 is 0 Å². The van der Waals surface area contributed by atoms with E-state index in [1.165, 1.54) is 6.07 Å². The van der Waals surface area contributed by atoms with Crippen molar-refractivity contribution in [1.82, 2.24) is 14.9 Å². The van der Waals surface area contributed by atoms with Crippen molar-refractivity contribution in [2.75, 3.05) is 7.05 Å². The van der Waals surface area contributed by atoms with Gasteiger partial charge in [-0.1, -0.05) is 0 Å². The number of H-pyrrole nitrogens is 1. The molecule has 0 aliphatic carbocycles. The van der Waals surface area contributed by atoms with Crippen molar-refractivity contribution in [1.29, 1.82) is 0 Å². The monoisotopic (exact) mass is 407 g/mol. The number of nitrogens with one attached hydrogen (secondary N) is 2. The molecule has 1 amide bonds. The van der Waals surface area contributed by atoms with Gasteiger partial charge in [0.25, 0.3) is 0 Å². The van der Waals surface area contributed by atoms with Gasteiger partial charge in [-0.15, -0.1) is 0 Å². The summed E-state index contributed by atoms with van der Waals surface area (Å²) in [5, 5.41) is 2.63. The molecule has 4 nitrogen and oxygen atoms in total. The number of hydrogen-bond acceptors (Lipinski definition) is 2. The Morgan fingerprint density at radius 1 is 1.55 bits per heavy atom. The van der Waals surface area contributed by atoms with Gasteiger partial charge in [-0.2, -0.15) is 0 Å². The molecule has 0 saturated carbocycles. The highest BCUT2D eigenvalue weighted by Crippen LogP contribution is 2.25. The van der Waals surface area contributed by atoms with E-state index in [2.05, 4.69) is 10.3 Å². The lowest BCUT2D eigenvalue weighted by Gasteiger charge is -2.23. The Morgan fingerprint density at radius 3 is 2.80 bits per heavy atom. The van der Waals surface area contributed by atoms with Gasteiger partial charge in [0.05, 0.1) is 20.0 Å². The standard InChI is InChI=1S/C13H15FIN3OS/c1-13(2,11(19)16-3)6-18-10-4-7(14)8(15)5-9(10)17-12(18)20/h4-5H,6H2,1-3H3,(H,16,19)(H,17,20). The summed E-state index contributed by atoms with van der Waals surface area (Å²) in [4.78, 5) is 14.9. The topological polar surface area (TPSA) is 49.8 Å². The highest BCUT2D eigenvalue weighted by molar-refractivity contribution is 14.1. The summed E-state index contributed by atoms with van der Waals surface area (Å²) in [6.45, 7) is 4.04. The van der Waals surface area contributed by atoms with Crippen molar-refractivity contribution in [3.63, 3.8) is 0 Å². The fraction of sp³-hybridized carbons (Fsp3) is 0.385. The molecule has 0 unspecified atom stereocenters. The van der Waals surface area contributed by atoms with Crippen LogP contribution in [-0.2, 0) is 11.3 Å². The fourth-order valence-electron chi connectivity index (χ4n) is 2.11. The third kappa shape index (κ3) is 2.73. The quantitative estimate of drug-likeness (QED) is 0.607. The molecule has 1 aromatic carbocycles. The zero-order valence-electron chi connectivity index (χ0n) is 11.4. The van der Waals surface area contributed by atoms with E-state index in [1.54, 1.807) is 17.7 Å². The van der Waals surface area contributed by atoms with Crippen molar-refractivity contribution in [2.24, 2.45) is 5.41 Å². The number of carbonyl (C=O) groups excluding carboxylic acids is 1.